The molecule has 86 valence electrons. The molecule has 0 atom stereocenters. The van der Waals surface area contributed by atoms with Crippen molar-refractivity contribution in [1.29, 1.82) is 0 Å². The zero-order valence-corrected chi connectivity index (χ0v) is 9.85. The van der Waals surface area contributed by atoms with Gasteiger partial charge in [0.2, 0.25) is 0 Å². The van der Waals surface area contributed by atoms with Crippen molar-refractivity contribution in [3.05, 3.63) is 35.2 Å². The molecule has 0 radical (unpaired) electrons. The summed E-state index contributed by atoms with van der Waals surface area (Å²) in [7, 11) is 1.60. The number of fused-ring (bicyclic) bond motifs is 3. The van der Waals surface area contributed by atoms with Crippen molar-refractivity contribution in [2.24, 2.45) is 0 Å². The summed E-state index contributed by atoms with van der Waals surface area (Å²) in [6.07, 6.45) is 0. The molecule has 6 heteroatoms. The van der Waals surface area contributed by atoms with Crippen LogP contribution in [0.1, 0.15) is 5.82 Å². The Labute approximate surface area is 102 Å². The number of nitrogens with zero attached hydrogens (tertiary/aromatic N) is 4. The second-order valence-corrected chi connectivity index (χ2v) is 3.98. The Morgan fingerprint density at radius 3 is 2.76 bits per heavy atom. The number of hydrogen-bond donors (Lipinski definition) is 0. The SMILES string of the molecule is COCc1nnc2c3ccccc3c(Cl)nn12. The highest BCUT2D eigenvalue weighted by Gasteiger charge is 2.12. The first kappa shape index (κ1) is 10.4. The summed E-state index contributed by atoms with van der Waals surface area (Å²) in [5, 5.41) is 14.7. The highest BCUT2D eigenvalue weighted by Crippen LogP contribution is 2.24. The van der Waals surface area contributed by atoms with Crippen molar-refractivity contribution >= 4 is 28.0 Å². The van der Waals surface area contributed by atoms with Gasteiger partial charge in [0.1, 0.15) is 6.61 Å². The summed E-state index contributed by atoms with van der Waals surface area (Å²) >= 11 is 6.14. The molecule has 0 fully saturated rings. The third-order valence-electron chi connectivity index (χ3n) is 2.56. The van der Waals surface area contributed by atoms with E-state index in [4.69, 9.17) is 16.3 Å². The third kappa shape index (κ3) is 1.55. The van der Waals surface area contributed by atoms with Crippen LogP contribution < -0.4 is 0 Å². The van der Waals surface area contributed by atoms with Gasteiger partial charge in [-0.3, -0.25) is 0 Å². The molecule has 0 spiro atoms. The molecular formula is C11H9ClN4O. The normalized spacial score (nSPS) is 11.4. The molecule has 0 unspecified atom stereocenters. The monoisotopic (exact) mass is 248 g/mol. The van der Waals surface area contributed by atoms with E-state index < -0.39 is 0 Å². The molecule has 5 nitrogen and oxygen atoms in total. The predicted molar refractivity (Wildman–Crippen MR) is 64.0 cm³/mol. The molecule has 0 aliphatic rings. The highest BCUT2D eigenvalue weighted by atomic mass is 35.5. The Kier molecular flexibility index (Phi) is 2.42. The fourth-order valence-corrected chi connectivity index (χ4v) is 2.04. The molecule has 0 aliphatic carbocycles. The minimum Gasteiger partial charge on any atom is -0.377 e. The van der Waals surface area contributed by atoms with Gasteiger partial charge >= 0.3 is 0 Å². The zero-order chi connectivity index (χ0) is 11.8. The Bertz CT molecular complexity index is 694. The van der Waals surface area contributed by atoms with Crippen molar-refractivity contribution in [2.45, 2.75) is 6.61 Å². The molecule has 1 aromatic carbocycles. The van der Waals surface area contributed by atoms with Crippen molar-refractivity contribution in [2.75, 3.05) is 7.11 Å². The molecule has 2 heterocycles. The molecule has 0 amide bonds. The number of aromatic nitrogens is 4. The number of halogens is 1. The minimum atomic E-state index is 0.350. The van der Waals surface area contributed by atoms with Gasteiger partial charge in [-0.2, -0.15) is 9.61 Å². The summed E-state index contributed by atoms with van der Waals surface area (Å²) < 4.78 is 6.66. The zero-order valence-electron chi connectivity index (χ0n) is 9.09. The van der Waals surface area contributed by atoms with E-state index in [1.54, 1.807) is 11.6 Å². The fourth-order valence-electron chi connectivity index (χ4n) is 1.80. The average Bonchev–Trinajstić information content (AvgIpc) is 2.74. The molecule has 3 aromatic rings. The van der Waals surface area contributed by atoms with Gasteiger partial charge < -0.3 is 4.74 Å². The predicted octanol–water partition coefficient (Wildman–Crippen LogP) is 2.08. The number of methoxy groups -OCH3 is 1. The second kappa shape index (κ2) is 3.94. The summed E-state index contributed by atoms with van der Waals surface area (Å²) in [4.78, 5) is 0. The molecule has 0 aliphatic heterocycles. The van der Waals surface area contributed by atoms with Crippen molar-refractivity contribution in [3.8, 4) is 0 Å². The van der Waals surface area contributed by atoms with Gasteiger partial charge in [0, 0.05) is 17.9 Å². The van der Waals surface area contributed by atoms with Crippen molar-refractivity contribution in [3.63, 3.8) is 0 Å². The molecular weight excluding hydrogens is 240 g/mol. The van der Waals surface area contributed by atoms with Crippen LogP contribution in [0, 0.1) is 0 Å². The Morgan fingerprint density at radius 1 is 1.24 bits per heavy atom. The van der Waals surface area contributed by atoms with Gasteiger partial charge in [0.15, 0.2) is 16.6 Å². The molecule has 2 aromatic heterocycles. The second-order valence-electron chi connectivity index (χ2n) is 3.62. The van der Waals surface area contributed by atoms with E-state index in [1.807, 2.05) is 24.3 Å². The summed E-state index contributed by atoms with van der Waals surface area (Å²) in [6, 6.07) is 7.71. The van der Waals surface area contributed by atoms with Gasteiger partial charge in [0.05, 0.1) is 0 Å². The molecule has 17 heavy (non-hydrogen) atoms. The smallest absolute Gasteiger partial charge is 0.185 e. The Morgan fingerprint density at radius 2 is 2.00 bits per heavy atom. The van der Waals surface area contributed by atoms with E-state index in [9.17, 15) is 0 Å². The maximum absolute atomic E-state index is 6.14. The summed E-state index contributed by atoms with van der Waals surface area (Å²) in [5.74, 6) is 0.634. The van der Waals surface area contributed by atoms with Crippen LogP contribution >= 0.6 is 11.6 Å². The molecule has 0 N–H and O–H groups in total. The van der Waals surface area contributed by atoms with Crippen LogP contribution in [0.25, 0.3) is 16.4 Å². The number of ether oxygens (including phenoxy) is 1. The van der Waals surface area contributed by atoms with Crippen LogP contribution in [-0.2, 0) is 11.3 Å². The van der Waals surface area contributed by atoms with E-state index in [1.165, 1.54) is 0 Å². The average molecular weight is 249 g/mol. The standard InChI is InChI=1S/C11H9ClN4O/c1-17-6-9-13-14-11-8-5-3-2-4-7(8)10(12)15-16(9)11/h2-5H,6H2,1H3. The first-order chi connectivity index (χ1) is 8.31. The van der Waals surface area contributed by atoms with Gasteiger partial charge in [-0.05, 0) is 0 Å². The molecule has 0 saturated heterocycles. The summed E-state index contributed by atoms with van der Waals surface area (Å²) in [5.41, 5.74) is 0.692. The lowest BCUT2D eigenvalue weighted by Crippen LogP contribution is -2.01. The minimum absolute atomic E-state index is 0.350. The van der Waals surface area contributed by atoms with Crippen LogP contribution in [0.15, 0.2) is 24.3 Å². The molecule has 0 saturated carbocycles. The first-order valence-corrected chi connectivity index (χ1v) is 5.46. The topological polar surface area (TPSA) is 52.3 Å². The van der Waals surface area contributed by atoms with Gasteiger partial charge in [0.25, 0.3) is 0 Å². The van der Waals surface area contributed by atoms with Crippen LogP contribution in [0.2, 0.25) is 5.15 Å². The quantitative estimate of drug-likeness (QED) is 0.697. The lowest BCUT2D eigenvalue weighted by molar-refractivity contribution is 0.176. The van der Waals surface area contributed by atoms with Crippen molar-refractivity contribution < 1.29 is 4.74 Å². The lowest BCUT2D eigenvalue weighted by atomic mass is 10.2. The van der Waals surface area contributed by atoms with E-state index in [0.717, 1.165) is 10.8 Å². The molecule has 3 rings (SSSR count). The van der Waals surface area contributed by atoms with Crippen molar-refractivity contribution in [1.82, 2.24) is 19.8 Å². The Balaban J connectivity index is 2.42. The van der Waals surface area contributed by atoms with Gasteiger partial charge in [-0.15, -0.1) is 10.2 Å². The maximum atomic E-state index is 6.14. The van der Waals surface area contributed by atoms with E-state index >= 15 is 0 Å². The van der Waals surface area contributed by atoms with Crippen LogP contribution in [0.5, 0.6) is 0 Å². The fraction of sp³-hybridized carbons (Fsp3) is 0.182. The van der Waals surface area contributed by atoms with Crippen LogP contribution in [0.4, 0.5) is 0 Å². The highest BCUT2D eigenvalue weighted by molar-refractivity contribution is 6.34. The van der Waals surface area contributed by atoms with Crippen LogP contribution in [-0.4, -0.2) is 26.9 Å². The first-order valence-electron chi connectivity index (χ1n) is 5.08. The number of benzene rings is 1. The number of hydrogen-bond acceptors (Lipinski definition) is 4. The van der Waals surface area contributed by atoms with E-state index in [0.29, 0.717) is 23.2 Å². The van der Waals surface area contributed by atoms with Crippen LogP contribution in [0.3, 0.4) is 0 Å². The molecule has 0 bridgehead atoms. The van der Waals surface area contributed by atoms with Gasteiger partial charge in [-0.25, -0.2) is 0 Å². The van der Waals surface area contributed by atoms with E-state index in [-0.39, 0.29) is 0 Å². The third-order valence-corrected chi connectivity index (χ3v) is 2.84. The van der Waals surface area contributed by atoms with Gasteiger partial charge in [-0.1, -0.05) is 35.9 Å². The number of rotatable bonds is 2. The largest absolute Gasteiger partial charge is 0.377 e. The maximum Gasteiger partial charge on any atom is 0.185 e. The van der Waals surface area contributed by atoms with E-state index in [2.05, 4.69) is 15.3 Å². The Hall–Kier alpha value is -1.72. The lowest BCUT2D eigenvalue weighted by Gasteiger charge is -2.02. The summed E-state index contributed by atoms with van der Waals surface area (Å²) in [6.45, 7) is 0.350.